The van der Waals surface area contributed by atoms with Crippen LogP contribution >= 0.6 is 11.8 Å². The number of thioether (sulfide) groups is 1. The van der Waals surface area contributed by atoms with Crippen molar-refractivity contribution < 1.29 is 9.21 Å². The zero-order valence-electron chi connectivity index (χ0n) is 14.5. The maximum absolute atomic E-state index is 11.9. The van der Waals surface area contributed by atoms with E-state index in [9.17, 15) is 4.79 Å². The van der Waals surface area contributed by atoms with E-state index in [1.807, 2.05) is 35.8 Å². The molecule has 0 radical (unpaired) electrons. The van der Waals surface area contributed by atoms with Crippen molar-refractivity contribution in [3.8, 4) is 11.4 Å². The molecule has 0 aliphatic rings. The molecule has 6 nitrogen and oxygen atoms in total. The molecular weight excluding hydrogens is 336 g/mol. The Morgan fingerprint density at radius 3 is 2.60 bits per heavy atom. The van der Waals surface area contributed by atoms with Crippen LogP contribution in [0.25, 0.3) is 11.4 Å². The molecule has 0 aliphatic heterocycles. The Kier molecular flexibility index (Phi) is 5.23. The summed E-state index contributed by atoms with van der Waals surface area (Å²) in [6.45, 7) is 2.53. The van der Waals surface area contributed by atoms with Gasteiger partial charge in [-0.25, -0.2) is 0 Å². The molecule has 0 spiro atoms. The molecule has 0 unspecified atom stereocenters. The Bertz CT molecular complexity index is 855. The van der Waals surface area contributed by atoms with E-state index >= 15 is 0 Å². The molecule has 25 heavy (non-hydrogen) atoms. The van der Waals surface area contributed by atoms with E-state index in [1.54, 1.807) is 25.3 Å². The van der Waals surface area contributed by atoms with Gasteiger partial charge in [0.2, 0.25) is 5.91 Å². The van der Waals surface area contributed by atoms with E-state index in [2.05, 4.69) is 22.3 Å². The lowest BCUT2D eigenvalue weighted by Crippen LogP contribution is -2.23. The molecular formula is C18H20N4O2S. The molecule has 0 N–H and O–H groups in total. The molecule has 0 aliphatic carbocycles. The fraction of sp³-hybridized carbons (Fsp3) is 0.278. The maximum atomic E-state index is 11.9. The zero-order chi connectivity index (χ0) is 17.8. The third kappa shape index (κ3) is 3.93. The second kappa shape index (κ2) is 7.57. The molecule has 0 atom stereocenters. The van der Waals surface area contributed by atoms with Crippen LogP contribution in [0.3, 0.4) is 0 Å². The zero-order valence-corrected chi connectivity index (χ0v) is 15.3. The van der Waals surface area contributed by atoms with Crippen molar-refractivity contribution in [1.29, 1.82) is 0 Å². The summed E-state index contributed by atoms with van der Waals surface area (Å²) in [7, 11) is 3.50. The van der Waals surface area contributed by atoms with Crippen molar-refractivity contribution in [2.45, 2.75) is 18.6 Å². The van der Waals surface area contributed by atoms with Gasteiger partial charge in [0, 0.05) is 14.1 Å². The minimum atomic E-state index is 0.0419. The lowest BCUT2D eigenvalue weighted by atomic mass is 10.2. The van der Waals surface area contributed by atoms with Crippen LogP contribution in [0, 0.1) is 6.92 Å². The van der Waals surface area contributed by atoms with Gasteiger partial charge in [0.15, 0.2) is 11.0 Å². The van der Waals surface area contributed by atoms with Crippen LogP contribution in [-0.4, -0.2) is 45.4 Å². The summed E-state index contributed by atoms with van der Waals surface area (Å²) >= 11 is 1.39. The third-order valence-electron chi connectivity index (χ3n) is 3.82. The Balaban J connectivity index is 1.93. The van der Waals surface area contributed by atoms with Crippen LogP contribution in [0.2, 0.25) is 0 Å². The van der Waals surface area contributed by atoms with Crippen LogP contribution in [-0.2, 0) is 11.3 Å². The van der Waals surface area contributed by atoms with Gasteiger partial charge in [-0.15, -0.1) is 10.2 Å². The number of aromatic nitrogens is 3. The maximum Gasteiger partial charge on any atom is 0.232 e. The number of carbonyl (C=O) groups excluding carboxylic acids is 1. The number of benzene rings is 1. The van der Waals surface area contributed by atoms with Crippen molar-refractivity contribution >= 4 is 17.7 Å². The molecule has 130 valence electrons. The highest BCUT2D eigenvalue weighted by molar-refractivity contribution is 7.99. The summed E-state index contributed by atoms with van der Waals surface area (Å²) in [6, 6.07) is 12.0. The highest BCUT2D eigenvalue weighted by Gasteiger charge is 2.18. The smallest absolute Gasteiger partial charge is 0.232 e. The van der Waals surface area contributed by atoms with Crippen LogP contribution in [0.5, 0.6) is 0 Å². The normalized spacial score (nSPS) is 10.8. The van der Waals surface area contributed by atoms with Gasteiger partial charge in [0.25, 0.3) is 0 Å². The number of furan rings is 1. The summed E-state index contributed by atoms with van der Waals surface area (Å²) in [5.74, 6) is 1.91. The van der Waals surface area contributed by atoms with Crippen LogP contribution in [0.1, 0.15) is 11.3 Å². The number of nitrogens with zero attached hydrogens (tertiary/aromatic N) is 4. The molecule has 2 heterocycles. The van der Waals surface area contributed by atoms with Crippen molar-refractivity contribution in [3.05, 3.63) is 54.0 Å². The van der Waals surface area contributed by atoms with E-state index < -0.39 is 0 Å². The standard InChI is InChI=1S/C18H20N4O2S/c1-13-15(9-10-24-13)17-19-20-18(25-12-16(23)21(2)3)22(17)11-14-7-5-4-6-8-14/h4-10H,11-12H2,1-3H3. The SMILES string of the molecule is Cc1occc1-c1nnc(SCC(=O)N(C)C)n1Cc1ccccc1. The third-order valence-corrected chi connectivity index (χ3v) is 4.78. The van der Waals surface area contributed by atoms with Gasteiger partial charge in [0.1, 0.15) is 5.76 Å². The first-order valence-electron chi connectivity index (χ1n) is 7.91. The van der Waals surface area contributed by atoms with E-state index in [0.717, 1.165) is 27.9 Å². The monoisotopic (exact) mass is 356 g/mol. The first kappa shape index (κ1) is 17.3. The van der Waals surface area contributed by atoms with Gasteiger partial charge >= 0.3 is 0 Å². The largest absolute Gasteiger partial charge is 0.469 e. The molecule has 0 fully saturated rings. The number of hydrogen-bond donors (Lipinski definition) is 0. The summed E-state index contributed by atoms with van der Waals surface area (Å²) in [5, 5.41) is 9.37. The Morgan fingerprint density at radius 2 is 1.96 bits per heavy atom. The average Bonchev–Trinajstić information content (AvgIpc) is 3.19. The fourth-order valence-corrected chi connectivity index (χ4v) is 3.29. The van der Waals surface area contributed by atoms with Crippen molar-refractivity contribution in [1.82, 2.24) is 19.7 Å². The molecule has 7 heteroatoms. The number of amides is 1. The Morgan fingerprint density at radius 1 is 1.20 bits per heavy atom. The fourth-order valence-electron chi connectivity index (χ4n) is 2.38. The van der Waals surface area contributed by atoms with Crippen LogP contribution in [0.15, 0.2) is 52.2 Å². The van der Waals surface area contributed by atoms with Gasteiger partial charge in [-0.2, -0.15) is 0 Å². The predicted octanol–water partition coefficient (Wildman–Crippen LogP) is 3.08. The average molecular weight is 356 g/mol. The van der Waals surface area contributed by atoms with Crippen LogP contribution < -0.4 is 0 Å². The molecule has 0 saturated carbocycles. The summed E-state index contributed by atoms with van der Waals surface area (Å²) < 4.78 is 7.44. The first-order chi connectivity index (χ1) is 12.1. The van der Waals surface area contributed by atoms with Gasteiger partial charge in [-0.1, -0.05) is 42.1 Å². The summed E-state index contributed by atoms with van der Waals surface area (Å²) in [4.78, 5) is 13.5. The topological polar surface area (TPSA) is 64.2 Å². The second-order valence-corrected chi connectivity index (χ2v) is 6.79. The quantitative estimate of drug-likeness (QED) is 0.635. The van der Waals surface area contributed by atoms with Gasteiger partial charge in [-0.3, -0.25) is 9.36 Å². The van der Waals surface area contributed by atoms with E-state index in [4.69, 9.17) is 4.42 Å². The summed E-state index contributed by atoms with van der Waals surface area (Å²) in [5.41, 5.74) is 2.06. The van der Waals surface area contributed by atoms with Gasteiger partial charge < -0.3 is 9.32 Å². The van der Waals surface area contributed by atoms with Crippen molar-refractivity contribution in [3.63, 3.8) is 0 Å². The number of hydrogen-bond acceptors (Lipinski definition) is 5. The second-order valence-electron chi connectivity index (χ2n) is 5.85. The Labute approximate surface area is 150 Å². The first-order valence-corrected chi connectivity index (χ1v) is 8.89. The number of aryl methyl sites for hydroxylation is 1. The molecule has 0 bridgehead atoms. The molecule has 3 rings (SSSR count). The van der Waals surface area contributed by atoms with Crippen LogP contribution in [0.4, 0.5) is 0 Å². The minimum absolute atomic E-state index is 0.0419. The van der Waals surface area contributed by atoms with Crippen molar-refractivity contribution in [2.75, 3.05) is 19.8 Å². The molecule has 1 aromatic carbocycles. The molecule has 1 amide bonds. The molecule has 2 aromatic heterocycles. The van der Waals surface area contributed by atoms with Gasteiger partial charge in [-0.05, 0) is 18.6 Å². The Hall–Kier alpha value is -2.54. The van der Waals surface area contributed by atoms with E-state index in [0.29, 0.717) is 12.3 Å². The van der Waals surface area contributed by atoms with Crippen molar-refractivity contribution in [2.24, 2.45) is 0 Å². The highest BCUT2D eigenvalue weighted by Crippen LogP contribution is 2.28. The lowest BCUT2D eigenvalue weighted by molar-refractivity contribution is -0.125. The summed E-state index contributed by atoms with van der Waals surface area (Å²) in [6.07, 6.45) is 1.65. The van der Waals surface area contributed by atoms with E-state index in [1.165, 1.54) is 11.8 Å². The minimum Gasteiger partial charge on any atom is -0.469 e. The number of rotatable bonds is 6. The highest BCUT2D eigenvalue weighted by atomic mass is 32.2. The predicted molar refractivity (Wildman–Crippen MR) is 97.4 cm³/mol. The lowest BCUT2D eigenvalue weighted by Gasteiger charge is -2.12. The van der Waals surface area contributed by atoms with E-state index in [-0.39, 0.29) is 5.91 Å². The number of carbonyl (C=O) groups is 1. The molecule has 0 saturated heterocycles. The molecule has 3 aromatic rings. The van der Waals surface area contributed by atoms with Gasteiger partial charge in [0.05, 0.1) is 24.1 Å².